The summed E-state index contributed by atoms with van der Waals surface area (Å²) >= 11 is 0. The molecule has 140 valence electrons. The highest BCUT2D eigenvalue weighted by molar-refractivity contribution is 5.98. The smallest absolute Gasteiger partial charge is 0.319 e. The number of benzene rings is 1. The average Bonchev–Trinajstić information content (AvgIpc) is 2.66. The molecule has 1 aromatic heterocycles. The second-order valence-electron chi connectivity index (χ2n) is 5.91. The molecule has 8 heteroatoms. The number of amides is 3. The number of rotatable bonds is 6. The van der Waals surface area contributed by atoms with Crippen molar-refractivity contribution in [2.75, 3.05) is 13.2 Å². The van der Waals surface area contributed by atoms with Gasteiger partial charge in [-0.15, -0.1) is 0 Å². The minimum atomic E-state index is -0.592. The Labute approximate surface area is 155 Å². The summed E-state index contributed by atoms with van der Waals surface area (Å²) in [6.07, 6.45) is 3.23. The van der Waals surface area contributed by atoms with Gasteiger partial charge in [0.15, 0.2) is 0 Å². The fourth-order valence-electron chi connectivity index (χ4n) is 2.75. The molecule has 0 radical (unpaired) electrons. The van der Waals surface area contributed by atoms with Crippen molar-refractivity contribution in [2.45, 2.75) is 13.0 Å². The number of nitrogens with zero attached hydrogens (tertiary/aromatic N) is 1. The van der Waals surface area contributed by atoms with E-state index in [2.05, 4.69) is 20.9 Å². The third kappa shape index (κ3) is 4.60. The Morgan fingerprint density at radius 2 is 2.07 bits per heavy atom. The van der Waals surface area contributed by atoms with Gasteiger partial charge in [-0.25, -0.2) is 9.18 Å². The van der Waals surface area contributed by atoms with E-state index in [1.54, 1.807) is 31.5 Å². The van der Waals surface area contributed by atoms with E-state index in [0.29, 0.717) is 22.6 Å². The van der Waals surface area contributed by atoms with E-state index in [-0.39, 0.29) is 30.9 Å². The second-order valence-corrected chi connectivity index (χ2v) is 5.91. The summed E-state index contributed by atoms with van der Waals surface area (Å²) in [7, 11) is 0. The van der Waals surface area contributed by atoms with Crippen LogP contribution < -0.4 is 20.7 Å². The van der Waals surface area contributed by atoms with E-state index in [9.17, 15) is 14.0 Å². The molecular formula is C19H19FN4O3. The maximum atomic E-state index is 12.9. The molecule has 7 nitrogen and oxygen atoms in total. The summed E-state index contributed by atoms with van der Waals surface area (Å²) in [5.41, 5.74) is 1.59. The molecule has 2 heterocycles. The predicted molar refractivity (Wildman–Crippen MR) is 96.3 cm³/mol. The summed E-state index contributed by atoms with van der Waals surface area (Å²) in [5, 5.41) is 8.12. The van der Waals surface area contributed by atoms with Gasteiger partial charge in [0.1, 0.15) is 18.2 Å². The second kappa shape index (κ2) is 8.31. The van der Waals surface area contributed by atoms with Gasteiger partial charge in [0.25, 0.3) is 5.91 Å². The Kier molecular flexibility index (Phi) is 5.65. The Hall–Kier alpha value is -3.42. The molecule has 1 aliphatic heterocycles. The first kappa shape index (κ1) is 18.4. The van der Waals surface area contributed by atoms with Gasteiger partial charge in [0.2, 0.25) is 0 Å². The molecule has 0 unspecified atom stereocenters. The topological polar surface area (TPSA) is 92.3 Å². The lowest BCUT2D eigenvalue weighted by atomic mass is 9.96. The highest BCUT2D eigenvalue weighted by Crippen LogP contribution is 2.25. The first-order valence-electron chi connectivity index (χ1n) is 8.39. The molecule has 0 aliphatic carbocycles. The third-order valence-corrected chi connectivity index (χ3v) is 4.00. The van der Waals surface area contributed by atoms with Crippen LogP contribution in [0.4, 0.5) is 9.18 Å². The molecule has 1 aliphatic rings. The van der Waals surface area contributed by atoms with Crippen LogP contribution in [0.3, 0.4) is 0 Å². The minimum absolute atomic E-state index is 0.223. The number of carbonyl (C=O) groups is 2. The van der Waals surface area contributed by atoms with E-state index in [4.69, 9.17) is 4.74 Å². The largest absolute Gasteiger partial charge is 0.492 e. The van der Waals surface area contributed by atoms with Crippen LogP contribution in [0, 0.1) is 5.82 Å². The molecule has 0 saturated heterocycles. The number of ether oxygens (including phenoxy) is 1. The lowest BCUT2D eigenvalue weighted by Crippen LogP contribution is -2.47. The van der Waals surface area contributed by atoms with Gasteiger partial charge in [-0.3, -0.25) is 9.78 Å². The lowest BCUT2D eigenvalue weighted by Gasteiger charge is -2.28. The van der Waals surface area contributed by atoms with E-state index < -0.39 is 6.04 Å². The van der Waals surface area contributed by atoms with Crippen LogP contribution in [0.5, 0.6) is 5.75 Å². The van der Waals surface area contributed by atoms with E-state index >= 15 is 0 Å². The number of aromatic nitrogens is 1. The zero-order valence-electron chi connectivity index (χ0n) is 14.7. The van der Waals surface area contributed by atoms with Gasteiger partial charge < -0.3 is 20.7 Å². The Bertz CT molecular complexity index is 853. The van der Waals surface area contributed by atoms with Crippen LogP contribution in [-0.2, 0) is 4.79 Å². The summed E-state index contributed by atoms with van der Waals surface area (Å²) in [6, 6.07) is 8.20. The fourth-order valence-corrected chi connectivity index (χ4v) is 2.75. The van der Waals surface area contributed by atoms with Crippen molar-refractivity contribution in [1.29, 1.82) is 0 Å². The van der Waals surface area contributed by atoms with Gasteiger partial charge in [-0.05, 0) is 42.8 Å². The van der Waals surface area contributed by atoms with Crippen molar-refractivity contribution in [3.8, 4) is 5.75 Å². The molecule has 2 aromatic rings. The van der Waals surface area contributed by atoms with Gasteiger partial charge in [-0.1, -0.05) is 6.07 Å². The summed E-state index contributed by atoms with van der Waals surface area (Å²) in [6.45, 7) is 2.15. The van der Waals surface area contributed by atoms with E-state index in [1.165, 1.54) is 24.3 Å². The number of hydrogen-bond donors (Lipinski definition) is 3. The number of carbonyl (C=O) groups excluding carboxylic acids is 2. The zero-order chi connectivity index (χ0) is 19.2. The number of nitrogens with one attached hydrogen (secondary N) is 3. The standard InChI is InChI=1S/C19H19FN4O3/c1-12-16(17(24-19(26)23-12)13-3-2-8-21-11-13)18(25)22-9-10-27-15-6-4-14(20)5-7-15/h2-8,11,17H,9-10H2,1H3,(H,22,25)(H2,23,24,26)/t17-/m1/s1. The van der Waals surface area contributed by atoms with Crippen molar-refractivity contribution in [2.24, 2.45) is 0 Å². The van der Waals surface area contributed by atoms with Crippen LogP contribution in [-0.4, -0.2) is 30.1 Å². The highest BCUT2D eigenvalue weighted by Gasteiger charge is 2.31. The summed E-state index contributed by atoms with van der Waals surface area (Å²) < 4.78 is 18.3. The number of urea groups is 1. The first-order chi connectivity index (χ1) is 13.0. The van der Waals surface area contributed by atoms with Crippen LogP contribution in [0.15, 0.2) is 60.1 Å². The normalized spacial score (nSPS) is 16.4. The summed E-state index contributed by atoms with van der Waals surface area (Å²) in [5.74, 6) is -0.149. The van der Waals surface area contributed by atoms with Gasteiger partial charge >= 0.3 is 6.03 Å². The van der Waals surface area contributed by atoms with Gasteiger partial charge in [0, 0.05) is 18.1 Å². The fraction of sp³-hybridized carbons (Fsp3) is 0.211. The quantitative estimate of drug-likeness (QED) is 0.679. The molecule has 3 rings (SSSR count). The van der Waals surface area contributed by atoms with Crippen LogP contribution >= 0.6 is 0 Å². The molecule has 1 aromatic carbocycles. The molecule has 0 fully saturated rings. The molecular weight excluding hydrogens is 351 g/mol. The van der Waals surface area contributed by atoms with Crippen molar-refractivity contribution in [1.82, 2.24) is 20.9 Å². The maximum absolute atomic E-state index is 12.9. The molecule has 1 atom stereocenters. The van der Waals surface area contributed by atoms with Crippen LogP contribution in [0.2, 0.25) is 0 Å². The van der Waals surface area contributed by atoms with Gasteiger partial charge in [0.05, 0.1) is 18.2 Å². The van der Waals surface area contributed by atoms with Crippen LogP contribution in [0.25, 0.3) is 0 Å². The zero-order valence-corrected chi connectivity index (χ0v) is 14.7. The SMILES string of the molecule is CC1=C(C(=O)NCCOc2ccc(F)cc2)[C@@H](c2cccnc2)NC(=O)N1. The molecule has 0 spiro atoms. The monoisotopic (exact) mass is 370 g/mol. The first-order valence-corrected chi connectivity index (χ1v) is 8.39. The van der Waals surface area contributed by atoms with Crippen LogP contribution in [0.1, 0.15) is 18.5 Å². The number of allylic oxidation sites excluding steroid dienone is 1. The van der Waals surface area contributed by atoms with E-state index in [0.717, 1.165) is 0 Å². The Balaban J connectivity index is 1.63. The third-order valence-electron chi connectivity index (χ3n) is 4.00. The predicted octanol–water partition coefficient (Wildman–Crippen LogP) is 2.04. The van der Waals surface area contributed by atoms with Crippen molar-refractivity contribution >= 4 is 11.9 Å². The van der Waals surface area contributed by atoms with Crippen molar-refractivity contribution in [3.05, 3.63) is 71.4 Å². The number of halogens is 1. The lowest BCUT2D eigenvalue weighted by molar-refractivity contribution is -0.118. The molecule has 3 N–H and O–H groups in total. The van der Waals surface area contributed by atoms with E-state index in [1.807, 2.05) is 0 Å². The number of pyridine rings is 1. The van der Waals surface area contributed by atoms with Crippen molar-refractivity contribution < 1.29 is 18.7 Å². The Morgan fingerprint density at radius 1 is 1.30 bits per heavy atom. The highest BCUT2D eigenvalue weighted by atomic mass is 19.1. The summed E-state index contributed by atoms with van der Waals surface area (Å²) in [4.78, 5) is 28.5. The molecule has 0 bridgehead atoms. The average molecular weight is 370 g/mol. The Morgan fingerprint density at radius 3 is 2.78 bits per heavy atom. The van der Waals surface area contributed by atoms with Gasteiger partial charge in [-0.2, -0.15) is 0 Å². The molecule has 3 amide bonds. The van der Waals surface area contributed by atoms with Crippen molar-refractivity contribution in [3.63, 3.8) is 0 Å². The minimum Gasteiger partial charge on any atom is -0.492 e. The molecule has 0 saturated carbocycles. The maximum Gasteiger partial charge on any atom is 0.319 e. The molecule has 27 heavy (non-hydrogen) atoms. The number of hydrogen-bond acceptors (Lipinski definition) is 4.